The van der Waals surface area contributed by atoms with Crippen LogP contribution in [-0.2, 0) is 11.4 Å². The van der Waals surface area contributed by atoms with Crippen LogP contribution in [0.2, 0.25) is 0 Å². The number of hydrogen-bond acceptors (Lipinski definition) is 7. The number of ether oxygens (including phenoxy) is 3. The molecule has 8 heteroatoms. The highest BCUT2D eigenvalue weighted by atomic mass is 32.1. The molecule has 7 nitrogen and oxygen atoms in total. The number of carbonyl (C=O) groups is 2. The van der Waals surface area contributed by atoms with Crippen molar-refractivity contribution < 1.29 is 23.8 Å². The third kappa shape index (κ3) is 6.99. The second-order valence-electron chi connectivity index (χ2n) is 10.4. The van der Waals surface area contributed by atoms with Gasteiger partial charge in [0.15, 0.2) is 5.75 Å². The lowest BCUT2D eigenvalue weighted by Crippen LogP contribution is -2.53. The van der Waals surface area contributed by atoms with Gasteiger partial charge in [0.05, 0.1) is 0 Å². The molecule has 1 aliphatic rings. The summed E-state index contributed by atoms with van der Waals surface area (Å²) in [5, 5.41) is 3.42. The van der Waals surface area contributed by atoms with Crippen molar-refractivity contribution in [3.8, 4) is 23.0 Å². The molecule has 6 rings (SSSR count). The maximum atomic E-state index is 13.6. The molecule has 0 unspecified atom stereocenters. The third-order valence-electron chi connectivity index (χ3n) is 7.26. The minimum atomic E-state index is -0.106. The van der Waals surface area contributed by atoms with Gasteiger partial charge in [-0.2, -0.15) is 0 Å². The summed E-state index contributed by atoms with van der Waals surface area (Å²) in [6.45, 7) is 2.75. The molecule has 0 aliphatic carbocycles. The normalized spacial score (nSPS) is 13.5. The Hall–Kier alpha value is -4.92. The maximum Gasteiger partial charge on any atom is 0.243 e. The van der Waals surface area contributed by atoms with Crippen molar-refractivity contribution in [3.05, 3.63) is 131 Å². The van der Waals surface area contributed by atoms with Crippen LogP contribution >= 0.6 is 11.3 Å². The van der Waals surface area contributed by atoms with Crippen LogP contribution in [0.4, 0.5) is 0 Å². The molecule has 1 fully saturated rings. The second kappa shape index (κ2) is 13.6. The zero-order chi connectivity index (χ0) is 30.3. The number of amides is 1. The Balaban J connectivity index is 1.16. The van der Waals surface area contributed by atoms with E-state index < -0.39 is 0 Å². The molecule has 1 saturated heterocycles. The number of thiophene rings is 1. The fourth-order valence-corrected chi connectivity index (χ4v) is 6.01. The van der Waals surface area contributed by atoms with E-state index in [2.05, 4.69) is 10.2 Å². The highest BCUT2D eigenvalue weighted by Gasteiger charge is 2.27. The van der Waals surface area contributed by atoms with Crippen LogP contribution in [0.1, 0.15) is 20.8 Å². The van der Waals surface area contributed by atoms with Gasteiger partial charge >= 0.3 is 0 Å². The fraction of sp³-hybridized carbons (Fsp3) is 0.167. The molecule has 0 saturated carbocycles. The van der Waals surface area contributed by atoms with E-state index in [1.165, 1.54) is 11.3 Å². The number of carbonyl (C=O) groups excluding carboxylic acids is 2. The van der Waals surface area contributed by atoms with Crippen LogP contribution in [-0.4, -0.2) is 49.4 Å². The summed E-state index contributed by atoms with van der Waals surface area (Å²) in [6.07, 6.45) is 3.48. The molecule has 1 amide bonds. The van der Waals surface area contributed by atoms with Gasteiger partial charge in [-0.1, -0.05) is 66.7 Å². The molecule has 0 radical (unpaired) electrons. The van der Waals surface area contributed by atoms with Crippen LogP contribution in [0.3, 0.4) is 0 Å². The van der Waals surface area contributed by atoms with Crippen molar-refractivity contribution in [2.24, 2.45) is 0 Å². The lowest BCUT2D eigenvalue weighted by molar-refractivity contribution is -0.116. The Kier molecular flexibility index (Phi) is 9.01. The predicted octanol–water partition coefficient (Wildman–Crippen LogP) is 6.87. The van der Waals surface area contributed by atoms with Crippen molar-refractivity contribution >= 4 is 33.1 Å². The highest BCUT2D eigenvalue weighted by molar-refractivity contribution is 7.21. The van der Waals surface area contributed by atoms with E-state index >= 15 is 0 Å². The molecule has 1 aromatic heterocycles. The first-order valence-electron chi connectivity index (χ1n) is 14.4. The molecule has 0 bridgehead atoms. The molecule has 2 heterocycles. The highest BCUT2D eigenvalue weighted by Crippen LogP contribution is 2.43. The van der Waals surface area contributed by atoms with Gasteiger partial charge in [-0.25, -0.2) is 0 Å². The lowest BCUT2D eigenvalue weighted by atomic mass is 10.1. The molecular weight excluding hydrogens is 572 g/mol. The van der Waals surface area contributed by atoms with Gasteiger partial charge in [-0.05, 0) is 48.0 Å². The van der Waals surface area contributed by atoms with Crippen LogP contribution in [0.25, 0.3) is 10.1 Å². The van der Waals surface area contributed by atoms with Crippen molar-refractivity contribution in [1.82, 2.24) is 10.2 Å². The van der Waals surface area contributed by atoms with Crippen LogP contribution in [0.15, 0.2) is 115 Å². The Morgan fingerprint density at radius 1 is 0.886 bits per heavy atom. The number of fused-ring (bicyclic) bond motifs is 1. The smallest absolute Gasteiger partial charge is 0.243 e. The molecule has 5 aromatic rings. The van der Waals surface area contributed by atoms with Gasteiger partial charge < -0.3 is 19.5 Å². The summed E-state index contributed by atoms with van der Waals surface area (Å²) in [6, 6.07) is 32.6. The largest absolute Gasteiger partial charge is 0.489 e. The Morgan fingerprint density at radius 2 is 1.57 bits per heavy atom. The minimum Gasteiger partial charge on any atom is -0.489 e. The van der Waals surface area contributed by atoms with Crippen molar-refractivity contribution in [1.29, 1.82) is 0 Å². The number of nitrogens with zero attached hydrogens (tertiary/aromatic N) is 1. The Morgan fingerprint density at radius 3 is 2.30 bits per heavy atom. The van der Waals surface area contributed by atoms with Gasteiger partial charge in [-0.3, -0.25) is 14.5 Å². The summed E-state index contributed by atoms with van der Waals surface area (Å²) in [5.41, 5.74) is 1.69. The third-order valence-corrected chi connectivity index (χ3v) is 8.39. The van der Waals surface area contributed by atoms with Gasteiger partial charge in [0.2, 0.25) is 11.7 Å². The quantitative estimate of drug-likeness (QED) is 0.124. The summed E-state index contributed by atoms with van der Waals surface area (Å²) < 4.78 is 19.5. The van der Waals surface area contributed by atoms with Crippen molar-refractivity contribution in [3.63, 3.8) is 0 Å². The van der Waals surface area contributed by atoms with Crippen LogP contribution < -0.4 is 19.5 Å². The lowest BCUT2D eigenvalue weighted by Gasteiger charge is -2.38. The maximum absolute atomic E-state index is 13.6. The number of hydrogen-bond donors (Lipinski definition) is 1. The summed E-state index contributed by atoms with van der Waals surface area (Å²) in [5.74, 6) is 2.42. The van der Waals surface area contributed by atoms with Crippen LogP contribution in [0, 0.1) is 0 Å². The van der Waals surface area contributed by atoms with Gasteiger partial charge in [0.25, 0.3) is 0 Å². The fourth-order valence-electron chi connectivity index (χ4n) is 4.89. The molecule has 222 valence electrons. The van der Waals surface area contributed by atoms with Gasteiger partial charge in [0.1, 0.15) is 34.8 Å². The molecule has 0 spiro atoms. The Labute approximate surface area is 260 Å². The van der Waals surface area contributed by atoms with Crippen LogP contribution in [0.5, 0.6) is 23.0 Å². The molecule has 4 aromatic carbocycles. The predicted molar refractivity (Wildman–Crippen MR) is 173 cm³/mol. The number of rotatable bonds is 12. The average Bonchev–Trinajstić information content (AvgIpc) is 3.40. The first-order chi connectivity index (χ1) is 21.6. The van der Waals surface area contributed by atoms with E-state index in [1.54, 1.807) is 13.1 Å². The number of nitrogens with one attached hydrogen (secondary N) is 1. The summed E-state index contributed by atoms with van der Waals surface area (Å²) >= 11 is 1.40. The SMILES string of the molecule is CNC(=O)/C=C/CN1CC(Oc2ccc(Oc3c(C(=O)c4ccccc4)sc4cc(OCc5ccccc5)ccc34)cc2)C1. The minimum absolute atomic E-state index is 0.0874. The van der Waals surface area contributed by atoms with E-state index in [0.29, 0.717) is 35.1 Å². The van der Waals surface area contributed by atoms with E-state index in [9.17, 15) is 9.59 Å². The Bertz CT molecular complexity index is 1760. The van der Waals surface area contributed by atoms with Gasteiger partial charge in [0, 0.05) is 48.4 Å². The number of likely N-dealkylation sites (tertiary alicyclic amines) is 1. The topological polar surface area (TPSA) is 77.1 Å². The standard InChI is InChI=1S/C36H32N2O5S/c1-37-33(39)13-8-20-38-22-30(23-38)42-27-14-16-28(17-15-27)43-35-31-19-18-29(41-24-25-9-4-2-5-10-25)21-32(31)44-36(35)34(40)26-11-6-3-7-12-26/h2-19,21,30H,20,22-24H2,1H3,(H,37,39)/b13-8+. The van der Waals surface area contributed by atoms with E-state index in [4.69, 9.17) is 14.2 Å². The molecular formula is C36H32N2O5S. The monoisotopic (exact) mass is 604 g/mol. The molecule has 44 heavy (non-hydrogen) atoms. The number of benzene rings is 4. The zero-order valence-corrected chi connectivity index (χ0v) is 25.1. The summed E-state index contributed by atoms with van der Waals surface area (Å²) in [4.78, 5) is 27.7. The molecule has 0 atom stereocenters. The molecule has 1 N–H and O–H groups in total. The zero-order valence-electron chi connectivity index (χ0n) is 24.3. The number of likely N-dealkylation sites (N-methyl/N-ethyl adjacent to an activating group) is 1. The summed E-state index contributed by atoms with van der Waals surface area (Å²) in [7, 11) is 1.61. The second-order valence-corrected chi connectivity index (χ2v) is 11.5. The van der Waals surface area contributed by atoms with E-state index in [0.717, 1.165) is 40.2 Å². The average molecular weight is 605 g/mol. The first-order valence-corrected chi connectivity index (χ1v) is 15.3. The van der Waals surface area contributed by atoms with E-state index in [1.807, 2.05) is 109 Å². The van der Waals surface area contributed by atoms with E-state index in [-0.39, 0.29) is 17.8 Å². The van der Waals surface area contributed by atoms with Gasteiger partial charge in [-0.15, -0.1) is 11.3 Å². The van der Waals surface area contributed by atoms with Crippen molar-refractivity contribution in [2.45, 2.75) is 12.7 Å². The first kappa shape index (κ1) is 29.2. The number of ketones is 1. The molecule has 1 aliphatic heterocycles. The van der Waals surface area contributed by atoms with Crippen molar-refractivity contribution in [2.75, 3.05) is 26.7 Å².